The highest BCUT2D eigenvalue weighted by molar-refractivity contribution is 7.89. The number of anilines is 1. The van der Waals surface area contributed by atoms with Crippen molar-refractivity contribution in [2.75, 3.05) is 12.8 Å². The number of nitrogens with two attached hydrogens (primary N) is 1. The number of imidazole rings is 1. The van der Waals surface area contributed by atoms with Gasteiger partial charge in [0.2, 0.25) is 0 Å². The van der Waals surface area contributed by atoms with E-state index < -0.39 is 10.0 Å². The molecule has 1 aromatic heterocycles. The van der Waals surface area contributed by atoms with Crippen LogP contribution in [0.15, 0.2) is 5.03 Å². The molecular weight excluding hydrogens is 180 g/mol. The maximum Gasteiger partial charge on any atom is 0.259 e. The molecule has 1 aromatic rings. The average Bonchev–Trinajstić information content (AvgIpc) is 2.31. The molecule has 68 valence electrons. The van der Waals surface area contributed by atoms with Crippen molar-refractivity contribution in [3.63, 3.8) is 0 Å². The topological polar surface area (TPSA) is 101 Å². The van der Waals surface area contributed by atoms with Gasteiger partial charge in [-0.15, -0.1) is 0 Å². The van der Waals surface area contributed by atoms with Gasteiger partial charge in [0.15, 0.2) is 10.8 Å². The van der Waals surface area contributed by atoms with Crippen LogP contribution in [0.5, 0.6) is 0 Å². The number of aromatic amines is 1. The van der Waals surface area contributed by atoms with Crippen LogP contribution in [0.25, 0.3) is 0 Å². The van der Waals surface area contributed by atoms with E-state index in [1.54, 1.807) is 6.92 Å². The van der Waals surface area contributed by atoms with E-state index in [4.69, 9.17) is 5.73 Å². The zero-order chi connectivity index (χ0) is 9.35. The van der Waals surface area contributed by atoms with Crippen LogP contribution < -0.4 is 10.5 Å². The Morgan fingerprint density at radius 3 is 2.50 bits per heavy atom. The van der Waals surface area contributed by atoms with Crippen LogP contribution in [0.4, 0.5) is 5.82 Å². The summed E-state index contributed by atoms with van der Waals surface area (Å²) in [6.45, 7) is 1.63. The fourth-order valence-electron chi connectivity index (χ4n) is 0.795. The number of aryl methyl sites for hydroxylation is 1. The molecule has 1 heterocycles. The first-order chi connectivity index (χ1) is 5.47. The molecule has 0 saturated heterocycles. The van der Waals surface area contributed by atoms with Crippen LogP contribution in [-0.2, 0) is 10.0 Å². The number of nitrogens with one attached hydrogen (secondary N) is 2. The Morgan fingerprint density at radius 1 is 1.58 bits per heavy atom. The number of nitrogens with zero attached hydrogens (tertiary/aromatic N) is 1. The third-order valence-electron chi connectivity index (χ3n) is 1.35. The second kappa shape index (κ2) is 2.76. The van der Waals surface area contributed by atoms with Crippen molar-refractivity contribution in [3.05, 3.63) is 5.82 Å². The van der Waals surface area contributed by atoms with Gasteiger partial charge in [-0.3, -0.25) is 0 Å². The lowest BCUT2D eigenvalue weighted by Crippen LogP contribution is -2.20. The highest BCUT2D eigenvalue weighted by Crippen LogP contribution is 2.13. The fraction of sp³-hybridized carbons (Fsp3) is 0.400. The van der Waals surface area contributed by atoms with Crippen molar-refractivity contribution in [1.29, 1.82) is 0 Å². The quantitative estimate of drug-likeness (QED) is 0.568. The Labute approximate surface area is 70.2 Å². The Bertz CT molecular complexity index is 380. The van der Waals surface area contributed by atoms with Crippen molar-refractivity contribution in [1.82, 2.24) is 14.7 Å². The van der Waals surface area contributed by atoms with E-state index in [1.165, 1.54) is 7.05 Å². The summed E-state index contributed by atoms with van der Waals surface area (Å²) in [4.78, 5) is 6.28. The van der Waals surface area contributed by atoms with Crippen molar-refractivity contribution in [3.8, 4) is 0 Å². The summed E-state index contributed by atoms with van der Waals surface area (Å²) in [6, 6.07) is 0. The number of hydrogen-bond acceptors (Lipinski definition) is 4. The van der Waals surface area contributed by atoms with E-state index in [0.717, 1.165) is 0 Å². The highest BCUT2D eigenvalue weighted by Gasteiger charge is 2.18. The van der Waals surface area contributed by atoms with Gasteiger partial charge >= 0.3 is 0 Å². The number of nitrogen functional groups attached to an aromatic ring is 1. The summed E-state index contributed by atoms with van der Waals surface area (Å²) in [5.41, 5.74) is 5.34. The molecule has 0 aliphatic heterocycles. The molecule has 12 heavy (non-hydrogen) atoms. The summed E-state index contributed by atoms with van der Waals surface area (Å²) in [6.07, 6.45) is 0. The number of aromatic nitrogens is 2. The molecule has 0 fully saturated rings. The molecule has 6 nitrogen and oxygen atoms in total. The standard InChI is InChI=1S/C5H10N4O2S/c1-3-8-4(6)5(9-3)12(10,11)7-2/h7H,6H2,1-2H3,(H,8,9). The Morgan fingerprint density at radius 2 is 2.17 bits per heavy atom. The molecule has 0 aliphatic rings. The first-order valence-electron chi connectivity index (χ1n) is 3.23. The van der Waals surface area contributed by atoms with Crippen LogP contribution in [0.1, 0.15) is 5.82 Å². The van der Waals surface area contributed by atoms with Gasteiger partial charge in [-0.2, -0.15) is 0 Å². The summed E-state index contributed by atoms with van der Waals surface area (Å²) in [5, 5.41) is -0.0810. The van der Waals surface area contributed by atoms with Crippen LogP contribution in [0.2, 0.25) is 0 Å². The predicted molar refractivity (Wildman–Crippen MR) is 44.0 cm³/mol. The lowest BCUT2D eigenvalue weighted by Gasteiger charge is -1.97. The van der Waals surface area contributed by atoms with Gasteiger partial charge in [0.25, 0.3) is 10.0 Å². The van der Waals surface area contributed by atoms with Gasteiger partial charge in [-0.25, -0.2) is 18.1 Å². The van der Waals surface area contributed by atoms with E-state index in [9.17, 15) is 8.42 Å². The van der Waals surface area contributed by atoms with Gasteiger partial charge < -0.3 is 10.7 Å². The first-order valence-corrected chi connectivity index (χ1v) is 4.71. The van der Waals surface area contributed by atoms with E-state index in [-0.39, 0.29) is 10.8 Å². The lowest BCUT2D eigenvalue weighted by atomic mass is 10.8. The minimum Gasteiger partial charge on any atom is -0.381 e. The molecule has 0 atom stereocenters. The molecule has 0 aliphatic carbocycles. The monoisotopic (exact) mass is 190 g/mol. The summed E-state index contributed by atoms with van der Waals surface area (Å²) >= 11 is 0. The van der Waals surface area contributed by atoms with Crippen molar-refractivity contribution in [2.45, 2.75) is 11.9 Å². The number of hydrogen-bond donors (Lipinski definition) is 3. The van der Waals surface area contributed by atoms with Crippen molar-refractivity contribution >= 4 is 15.8 Å². The normalized spacial score (nSPS) is 11.8. The number of sulfonamides is 1. The fourth-order valence-corrected chi connectivity index (χ4v) is 1.60. The molecule has 0 radical (unpaired) electrons. The minimum absolute atomic E-state index is 0.0122. The zero-order valence-electron chi connectivity index (χ0n) is 6.75. The van der Waals surface area contributed by atoms with E-state index in [2.05, 4.69) is 14.7 Å². The summed E-state index contributed by atoms with van der Waals surface area (Å²) in [7, 11) is -2.19. The maximum absolute atomic E-state index is 11.2. The van der Waals surface area contributed by atoms with E-state index in [1.807, 2.05) is 0 Å². The van der Waals surface area contributed by atoms with Gasteiger partial charge in [0.1, 0.15) is 5.82 Å². The second-order valence-electron chi connectivity index (χ2n) is 2.24. The molecule has 0 spiro atoms. The van der Waals surface area contributed by atoms with E-state index in [0.29, 0.717) is 5.82 Å². The minimum atomic E-state index is -3.50. The lowest BCUT2D eigenvalue weighted by molar-refractivity contribution is 0.585. The first kappa shape index (κ1) is 9.01. The third kappa shape index (κ3) is 1.41. The predicted octanol–water partition coefficient (Wildman–Crippen LogP) is -0.792. The largest absolute Gasteiger partial charge is 0.381 e. The van der Waals surface area contributed by atoms with E-state index >= 15 is 0 Å². The van der Waals surface area contributed by atoms with Crippen LogP contribution in [0.3, 0.4) is 0 Å². The number of H-pyrrole nitrogens is 1. The molecule has 0 bridgehead atoms. The molecule has 0 amide bonds. The van der Waals surface area contributed by atoms with Gasteiger partial charge in [0.05, 0.1) is 0 Å². The Kier molecular flexibility index (Phi) is 2.07. The van der Waals surface area contributed by atoms with Crippen molar-refractivity contribution in [2.24, 2.45) is 0 Å². The average molecular weight is 190 g/mol. The van der Waals surface area contributed by atoms with Crippen LogP contribution in [-0.4, -0.2) is 25.4 Å². The van der Waals surface area contributed by atoms with Crippen LogP contribution >= 0.6 is 0 Å². The molecule has 1 rings (SSSR count). The van der Waals surface area contributed by atoms with Gasteiger partial charge in [0, 0.05) is 0 Å². The molecule has 4 N–H and O–H groups in total. The SMILES string of the molecule is CNS(=O)(=O)c1[nH]c(C)nc1N. The molecular formula is C5H10N4O2S. The highest BCUT2D eigenvalue weighted by atomic mass is 32.2. The smallest absolute Gasteiger partial charge is 0.259 e. The molecule has 7 heteroatoms. The Hall–Kier alpha value is -1.08. The molecule has 0 saturated carbocycles. The maximum atomic E-state index is 11.2. The third-order valence-corrected chi connectivity index (χ3v) is 2.74. The van der Waals surface area contributed by atoms with Crippen molar-refractivity contribution < 1.29 is 8.42 Å². The molecule has 0 unspecified atom stereocenters. The van der Waals surface area contributed by atoms with Gasteiger partial charge in [-0.05, 0) is 14.0 Å². The second-order valence-corrected chi connectivity index (χ2v) is 4.07. The zero-order valence-corrected chi connectivity index (χ0v) is 7.57. The molecule has 0 aromatic carbocycles. The summed E-state index contributed by atoms with van der Waals surface area (Å²) in [5.74, 6) is 0.461. The van der Waals surface area contributed by atoms with Crippen LogP contribution in [0, 0.1) is 6.92 Å². The van der Waals surface area contributed by atoms with Gasteiger partial charge in [-0.1, -0.05) is 0 Å². The Balaban J connectivity index is 3.29. The number of rotatable bonds is 2. The summed E-state index contributed by atoms with van der Waals surface area (Å²) < 4.78 is 24.5.